The van der Waals surface area contributed by atoms with E-state index in [9.17, 15) is 4.79 Å². The van der Waals surface area contributed by atoms with Crippen LogP contribution in [-0.4, -0.2) is 50.3 Å². The van der Waals surface area contributed by atoms with Crippen molar-refractivity contribution >= 4 is 5.97 Å². The zero-order chi connectivity index (χ0) is 11.8. The van der Waals surface area contributed by atoms with Crippen LogP contribution in [0.3, 0.4) is 0 Å². The van der Waals surface area contributed by atoms with Crippen molar-refractivity contribution in [2.24, 2.45) is 0 Å². The van der Waals surface area contributed by atoms with Gasteiger partial charge in [-0.2, -0.15) is 0 Å². The lowest BCUT2D eigenvalue weighted by atomic mass is 10.1. The molecular weight excluding hydrogens is 194 g/mol. The minimum Gasteiger partial charge on any atom is -0.466 e. The van der Waals surface area contributed by atoms with Crippen LogP contribution in [0.2, 0.25) is 0 Å². The summed E-state index contributed by atoms with van der Waals surface area (Å²) in [5.74, 6) is -0.138. The van der Waals surface area contributed by atoms with Gasteiger partial charge in [-0.3, -0.25) is 9.69 Å². The van der Waals surface area contributed by atoms with Gasteiger partial charge in [-0.15, -0.1) is 0 Å². The molecule has 0 aromatic heterocycles. The SMILES string of the molecule is CCOC(=O)CC(C)N(C)C(C)COC. The highest BCUT2D eigenvalue weighted by Gasteiger charge is 2.18. The van der Waals surface area contributed by atoms with Gasteiger partial charge in [-0.1, -0.05) is 0 Å². The molecule has 0 amide bonds. The first kappa shape index (κ1) is 14.4. The van der Waals surface area contributed by atoms with Crippen LogP contribution in [-0.2, 0) is 14.3 Å². The molecule has 2 atom stereocenters. The highest BCUT2D eigenvalue weighted by Crippen LogP contribution is 2.07. The van der Waals surface area contributed by atoms with E-state index in [1.807, 2.05) is 20.9 Å². The summed E-state index contributed by atoms with van der Waals surface area (Å²) in [6.45, 7) is 7.03. The second-order valence-electron chi connectivity index (χ2n) is 3.83. The number of methoxy groups -OCH3 is 1. The van der Waals surface area contributed by atoms with E-state index in [2.05, 4.69) is 11.8 Å². The second-order valence-corrected chi connectivity index (χ2v) is 3.83. The molecule has 0 spiro atoms. The van der Waals surface area contributed by atoms with E-state index in [1.165, 1.54) is 0 Å². The molecule has 0 rings (SSSR count). The number of rotatable bonds is 7. The Bertz CT molecular complexity index is 185. The van der Waals surface area contributed by atoms with Gasteiger partial charge in [-0.05, 0) is 27.8 Å². The molecule has 0 bridgehead atoms. The first-order valence-corrected chi connectivity index (χ1v) is 5.39. The third-order valence-electron chi connectivity index (χ3n) is 2.57. The molecule has 0 aliphatic carbocycles. The van der Waals surface area contributed by atoms with E-state index in [0.29, 0.717) is 25.7 Å². The van der Waals surface area contributed by atoms with Crippen molar-refractivity contribution in [2.45, 2.75) is 39.3 Å². The number of hydrogen-bond donors (Lipinski definition) is 0. The summed E-state index contributed by atoms with van der Waals surface area (Å²) in [7, 11) is 3.67. The Morgan fingerprint density at radius 3 is 2.40 bits per heavy atom. The van der Waals surface area contributed by atoms with Gasteiger partial charge in [0.15, 0.2) is 0 Å². The molecular formula is C11H23NO3. The summed E-state index contributed by atoms with van der Waals surface area (Å²) in [6.07, 6.45) is 0.429. The van der Waals surface area contributed by atoms with E-state index in [0.717, 1.165) is 0 Å². The van der Waals surface area contributed by atoms with Gasteiger partial charge in [0.25, 0.3) is 0 Å². The number of carbonyl (C=O) groups is 1. The third-order valence-corrected chi connectivity index (χ3v) is 2.57. The van der Waals surface area contributed by atoms with Crippen LogP contribution in [0.1, 0.15) is 27.2 Å². The summed E-state index contributed by atoms with van der Waals surface area (Å²) in [5.41, 5.74) is 0. The number of esters is 1. The Morgan fingerprint density at radius 1 is 1.33 bits per heavy atom. The standard InChI is InChI=1S/C11H23NO3/c1-6-15-11(13)7-9(2)12(4)10(3)8-14-5/h9-10H,6-8H2,1-5H3. The zero-order valence-electron chi connectivity index (χ0n) is 10.4. The van der Waals surface area contributed by atoms with Crippen molar-refractivity contribution in [1.29, 1.82) is 0 Å². The number of hydrogen-bond acceptors (Lipinski definition) is 4. The summed E-state index contributed by atoms with van der Waals surface area (Å²) in [6, 6.07) is 0.480. The predicted molar refractivity (Wildman–Crippen MR) is 59.8 cm³/mol. The van der Waals surface area contributed by atoms with Gasteiger partial charge < -0.3 is 9.47 Å². The molecule has 90 valence electrons. The Labute approximate surface area is 92.5 Å². The fourth-order valence-electron chi connectivity index (χ4n) is 1.40. The van der Waals surface area contributed by atoms with Crippen molar-refractivity contribution in [3.63, 3.8) is 0 Å². The average Bonchev–Trinajstić information content (AvgIpc) is 2.17. The fourth-order valence-corrected chi connectivity index (χ4v) is 1.40. The molecule has 0 aromatic rings. The Kier molecular flexibility index (Phi) is 7.34. The van der Waals surface area contributed by atoms with E-state index in [4.69, 9.17) is 9.47 Å². The molecule has 0 aliphatic rings. The summed E-state index contributed by atoms with van der Waals surface area (Å²) in [4.78, 5) is 13.4. The summed E-state index contributed by atoms with van der Waals surface area (Å²) < 4.78 is 9.98. The monoisotopic (exact) mass is 217 g/mol. The smallest absolute Gasteiger partial charge is 0.307 e. The molecule has 0 saturated carbocycles. The zero-order valence-corrected chi connectivity index (χ0v) is 10.4. The topological polar surface area (TPSA) is 38.8 Å². The van der Waals surface area contributed by atoms with Gasteiger partial charge in [-0.25, -0.2) is 0 Å². The van der Waals surface area contributed by atoms with Gasteiger partial charge in [0.05, 0.1) is 19.6 Å². The van der Waals surface area contributed by atoms with Crippen LogP contribution in [0, 0.1) is 0 Å². The van der Waals surface area contributed by atoms with Crippen LogP contribution in [0.25, 0.3) is 0 Å². The van der Waals surface area contributed by atoms with E-state index in [1.54, 1.807) is 7.11 Å². The van der Waals surface area contributed by atoms with Crippen molar-refractivity contribution in [2.75, 3.05) is 27.4 Å². The lowest BCUT2D eigenvalue weighted by Crippen LogP contribution is -2.40. The maximum absolute atomic E-state index is 11.3. The Hall–Kier alpha value is -0.610. The molecule has 4 heteroatoms. The molecule has 2 unspecified atom stereocenters. The van der Waals surface area contributed by atoms with E-state index in [-0.39, 0.29) is 12.0 Å². The van der Waals surface area contributed by atoms with Crippen LogP contribution in [0.5, 0.6) is 0 Å². The Balaban J connectivity index is 3.96. The highest BCUT2D eigenvalue weighted by atomic mass is 16.5. The molecule has 4 nitrogen and oxygen atoms in total. The van der Waals surface area contributed by atoms with Crippen LogP contribution in [0.15, 0.2) is 0 Å². The first-order chi connectivity index (χ1) is 7.02. The minimum absolute atomic E-state index is 0.138. The van der Waals surface area contributed by atoms with Crippen LogP contribution < -0.4 is 0 Å². The van der Waals surface area contributed by atoms with Crippen LogP contribution in [0.4, 0.5) is 0 Å². The molecule has 0 N–H and O–H groups in total. The third kappa shape index (κ3) is 5.74. The van der Waals surface area contributed by atoms with Crippen molar-refractivity contribution in [3.8, 4) is 0 Å². The first-order valence-electron chi connectivity index (χ1n) is 5.39. The maximum Gasteiger partial charge on any atom is 0.307 e. The molecule has 0 radical (unpaired) electrons. The van der Waals surface area contributed by atoms with Crippen molar-refractivity contribution in [1.82, 2.24) is 4.90 Å². The van der Waals surface area contributed by atoms with Gasteiger partial charge in [0.2, 0.25) is 0 Å². The Morgan fingerprint density at radius 2 is 1.93 bits per heavy atom. The van der Waals surface area contributed by atoms with E-state index < -0.39 is 0 Å². The van der Waals surface area contributed by atoms with E-state index >= 15 is 0 Å². The normalized spacial score (nSPS) is 15.1. The molecule has 0 heterocycles. The number of ether oxygens (including phenoxy) is 2. The summed E-state index contributed by atoms with van der Waals surface area (Å²) >= 11 is 0. The van der Waals surface area contributed by atoms with Gasteiger partial charge >= 0.3 is 5.97 Å². The fraction of sp³-hybridized carbons (Fsp3) is 0.909. The molecule has 0 aromatic carbocycles. The van der Waals surface area contributed by atoms with Crippen molar-refractivity contribution < 1.29 is 14.3 Å². The molecule has 0 aliphatic heterocycles. The van der Waals surface area contributed by atoms with Crippen LogP contribution >= 0.6 is 0 Å². The highest BCUT2D eigenvalue weighted by molar-refractivity contribution is 5.70. The molecule has 0 fully saturated rings. The predicted octanol–water partition coefficient (Wildman–Crippen LogP) is 1.29. The molecule has 0 saturated heterocycles. The quantitative estimate of drug-likeness (QED) is 0.602. The van der Waals surface area contributed by atoms with Crippen molar-refractivity contribution in [3.05, 3.63) is 0 Å². The summed E-state index contributed by atoms with van der Waals surface area (Å²) in [5, 5.41) is 0. The van der Waals surface area contributed by atoms with Gasteiger partial charge in [0, 0.05) is 19.2 Å². The lowest BCUT2D eigenvalue weighted by Gasteiger charge is -2.29. The molecule has 15 heavy (non-hydrogen) atoms. The number of nitrogens with zero attached hydrogens (tertiary/aromatic N) is 1. The second kappa shape index (κ2) is 7.65. The lowest BCUT2D eigenvalue weighted by molar-refractivity contribution is -0.144. The number of likely N-dealkylation sites (N-methyl/N-ethyl adjacent to an activating group) is 1. The maximum atomic E-state index is 11.3. The number of carbonyl (C=O) groups excluding carboxylic acids is 1. The largest absolute Gasteiger partial charge is 0.466 e. The minimum atomic E-state index is -0.138. The average molecular weight is 217 g/mol. The van der Waals surface area contributed by atoms with Gasteiger partial charge in [0.1, 0.15) is 0 Å².